The number of hydrogen-bond acceptors (Lipinski definition) is 3. The fraction of sp³-hybridized carbons (Fsp3) is 0.562. The standard InChI is InChI=1S/C16H21FN2O2.ClH/c17-14-3-1-2-4-15(14)21-11-16(20)19-7-5-12-9-18-10-13(12)6-8-19;/h1-4,12-13,18H,5-11H2;1H/t12-,13+;. The molecule has 4 nitrogen and oxygen atoms in total. The minimum absolute atomic E-state index is 0. The summed E-state index contributed by atoms with van der Waals surface area (Å²) in [6.07, 6.45) is 2.09. The number of rotatable bonds is 3. The first-order valence-corrected chi connectivity index (χ1v) is 7.60. The van der Waals surface area contributed by atoms with E-state index in [-0.39, 0.29) is 30.7 Å². The molecule has 1 N–H and O–H groups in total. The van der Waals surface area contributed by atoms with E-state index in [1.165, 1.54) is 6.07 Å². The van der Waals surface area contributed by atoms with Gasteiger partial charge in [0.15, 0.2) is 18.2 Å². The molecule has 122 valence electrons. The summed E-state index contributed by atoms with van der Waals surface area (Å²) in [5.41, 5.74) is 0. The van der Waals surface area contributed by atoms with Crippen LogP contribution in [0.3, 0.4) is 0 Å². The number of halogens is 2. The van der Waals surface area contributed by atoms with E-state index < -0.39 is 5.82 Å². The maximum absolute atomic E-state index is 13.4. The number of hydrogen-bond donors (Lipinski definition) is 1. The zero-order chi connectivity index (χ0) is 14.7. The van der Waals surface area contributed by atoms with Gasteiger partial charge in [-0.05, 0) is 49.9 Å². The normalized spacial score (nSPS) is 24.1. The van der Waals surface area contributed by atoms with Crippen molar-refractivity contribution >= 4 is 18.3 Å². The lowest BCUT2D eigenvalue weighted by atomic mass is 9.92. The van der Waals surface area contributed by atoms with Gasteiger partial charge in [-0.3, -0.25) is 4.79 Å². The average Bonchev–Trinajstić information content (AvgIpc) is 2.85. The summed E-state index contributed by atoms with van der Waals surface area (Å²) >= 11 is 0. The number of carbonyl (C=O) groups excluding carboxylic acids is 1. The van der Waals surface area contributed by atoms with Crippen LogP contribution < -0.4 is 10.1 Å². The monoisotopic (exact) mass is 328 g/mol. The summed E-state index contributed by atoms with van der Waals surface area (Å²) in [6, 6.07) is 6.18. The lowest BCUT2D eigenvalue weighted by Crippen LogP contribution is -2.36. The number of nitrogens with one attached hydrogen (secondary N) is 1. The van der Waals surface area contributed by atoms with Crippen LogP contribution in [-0.2, 0) is 4.79 Å². The number of benzene rings is 1. The molecular formula is C16H22ClFN2O2. The molecule has 2 saturated heterocycles. The first-order chi connectivity index (χ1) is 10.2. The number of amides is 1. The Hall–Kier alpha value is -1.33. The summed E-state index contributed by atoms with van der Waals surface area (Å²) < 4.78 is 18.8. The Labute approximate surface area is 136 Å². The smallest absolute Gasteiger partial charge is 0.260 e. The molecule has 2 atom stereocenters. The molecule has 2 aliphatic rings. The van der Waals surface area contributed by atoms with Crippen LogP contribution in [0.15, 0.2) is 24.3 Å². The molecule has 6 heteroatoms. The second kappa shape index (κ2) is 7.79. The van der Waals surface area contributed by atoms with Gasteiger partial charge in [-0.2, -0.15) is 0 Å². The van der Waals surface area contributed by atoms with Crippen LogP contribution in [0.5, 0.6) is 5.75 Å². The molecule has 0 unspecified atom stereocenters. The number of fused-ring (bicyclic) bond motifs is 1. The highest BCUT2D eigenvalue weighted by atomic mass is 35.5. The van der Waals surface area contributed by atoms with E-state index in [0.29, 0.717) is 11.8 Å². The Bertz CT molecular complexity index is 501. The van der Waals surface area contributed by atoms with Gasteiger partial charge >= 0.3 is 0 Å². The molecule has 0 spiro atoms. The molecule has 0 aliphatic carbocycles. The van der Waals surface area contributed by atoms with Crippen LogP contribution in [0, 0.1) is 17.7 Å². The van der Waals surface area contributed by atoms with E-state index >= 15 is 0 Å². The van der Waals surface area contributed by atoms with Crippen molar-refractivity contribution in [2.45, 2.75) is 12.8 Å². The Balaban J connectivity index is 0.00000176. The zero-order valence-corrected chi connectivity index (χ0v) is 13.3. The lowest BCUT2D eigenvalue weighted by molar-refractivity contribution is -0.133. The highest BCUT2D eigenvalue weighted by Gasteiger charge is 2.31. The molecule has 0 aromatic heterocycles. The second-order valence-corrected chi connectivity index (χ2v) is 5.86. The van der Waals surface area contributed by atoms with Gasteiger partial charge in [0, 0.05) is 13.1 Å². The van der Waals surface area contributed by atoms with Crippen LogP contribution in [-0.4, -0.2) is 43.6 Å². The maximum atomic E-state index is 13.4. The predicted octanol–water partition coefficient (Wildman–Crippen LogP) is 2.08. The van der Waals surface area contributed by atoms with Crippen molar-refractivity contribution in [3.05, 3.63) is 30.1 Å². The number of carbonyl (C=O) groups is 1. The summed E-state index contributed by atoms with van der Waals surface area (Å²) in [6.45, 7) is 3.61. The third kappa shape index (κ3) is 3.90. The van der Waals surface area contributed by atoms with Gasteiger partial charge in [0.05, 0.1) is 0 Å². The van der Waals surface area contributed by atoms with E-state index in [9.17, 15) is 9.18 Å². The van der Waals surface area contributed by atoms with E-state index in [0.717, 1.165) is 39.0 Å². The van der Waals surface area contributed by atoms with Crippen molar-refractivity contribution in [1.82, 2.24) is 10.2 Å². The molecule has 0 bridgehead atoms. The maximum Gasteiger partial charge on any atom is 0.260 e. The van der Waals surface area contributed by atoms with Crippen molar-refractivity contribution < 1.29 is 13.9 Å². The van der Waals surface area contributed by atoms with E-state index in [1.807, 2.05) is 4.90 Å². The van der Waals surface area contributed by atoms with Crippen LogP contribution in [0.4, 0.5) is 4.39 Å². The van der Waals surface area contributed by atoms with E-state index in [1.54, 1.807) is 18.2 Å². The van der Waals surface area contributed by atoms with E-state index in [4.69, 9.17) is 4.74 Å². The fourth-order valence-electron chi connectivity index (χ4n) is 3.26. The summed E-state index contributed by atoms with van der Waals surface area (Å²) in [5, 5.41) is 3.42. The Kier molecular flexibility index (Phi) is 6.03. The molecule has 2 aliphatic heterocycles. The molecule has 1 amide bonds. The van der Waals surface area contributed by atoms with Crippen molar-refractivity contribution in [2.24, 2.45) is 11.8 Å². The van der Waals surface area contributed by atoms with Gasteiger partial charge in [-0.1, -0.05) is 12.1 Å². The van der Waals surface area contributed by atoms with Crippen LogP contribution in [0.25, 0.3) is 0 Å². The fourth-order valence-corrected chi connectivity index (χ4v) is 3.26. The third-order valence-electron chi connectivity index (χ3n) is 4.56. The summed E-state index contributed by atoms with van der Waals surface area (Å²) in [4.78, 5) is 14.1. The number of likely N-dealkylation sites (tertiary alicyclic amines) is 1. The highest BCUT2D eigenvalue weighted by molar-refractivity contribution is 5.85. The van der Waals surface area contributed by atoms with Gasteiger partial charge in [-0.15, -0.1) is 12.4 Å². The first-order valence-electron chi connectivity index (χ1n) is 7.60. The SMILES string of the molecule is Cl.O=C(COc1ccccc1F)N1CC[C@@H]2CNC[C@@H]2CC1. The van der Waals surface area contributed by atoms with Crippen molar-refractivity contribution in [2.75, 3.05) is 32.8 Å². The number of ether oxygens (including phenoxy) is 1. The van der Waals surface area contributed by atoms with Gasteiger partial charge in [0.1, 0.15) is 0 Å². The Morgan fingerprint density at radius 2 is 1.86 bits per heavy atom. The number of para-hydroxylation sites is 1. The molecule has 3 rings (SSSR count). The highest BCUT2D eigenvalue weighted by Crippen LogP contribution is 2.27. The second-order valence-electron chi connectivity index (χ2n) is 5.86. The topological polar surface area (TPSA) is 41.6 Å². The summed E-state index contributed by atoms with van der Waals surface area (Å²) in [5.74, 6) is 1.04. The molecular weight excluding hydrogens is 307 g/mol. The van der Waals surface area contributed by atoms with Gasteiger partial charge in [0.2, 0.25) is 0 Å². The lowest BCUT2D eigenvalue weighted by Gasteiger charge is -2.21. The van der Waals surface area contributed by atoms with Crippen molar-refractivity contribution in [3.8, 4) is 5.75 Å². The minimum atomic E-state index is -0.429. The van der Waals surface area contributed by atoms with E-state index in [2.05, 4.69) is 5.32 Å². The zero-order valence-electron chi connectivity index (χ0n) is 12.5. The summed E-state index contributed by atoms with van der Waals surface area (Å²) in [7, 11) is 0. The molecule has 1 aromatic carbocycles. The third-order valence-corrected chi connectivity index (χ3v) is 4.56. The quantitative estimate of drug-likeness (QED) is 0.923. The molecule has 2 fully saturated rings. The van der Waals surface area contributed by atoms with Gasteiger partial charge < -0.3 is 15.0 Å². The van der Waals surface area contributed by atoms with Crippen molar-refractivity contribution in [1.29, 1.82) is 0 Å². The largest absolute Gasteiger partial charge is 0.481 e. The van der Waals surface area contributed by atoms with Crippen molar-refractivity contribution in [3.63, 3.8) is 0 Å². The molecule has 22 heavy (non-hydrogen) atoms. The molecule has 2 heterocycles. The molecule has 0 radical (unpaired) electrons. The minimum Gasteiger partial charge on any atom is -0.481 e. The Morgan fingerprint density at radius 1 is 1.23 bits per heavy atom. The Morgan fingerprint density at radius 3 is 2.50 bits per heavy atom. The first kappa shape index (κ1) is 17.0. The van der Waals surface area contributed by atoms with Crippen LogP contribution in [0.2, 0.25) is 0 Å². The molecule has 0 saturated carbocycles. The predicted molar refractivity (Wildman–Crippen MR) is 84.8 cm³/mol. The van der Waals surface area contributed by atoms with Crippen LogP contribution >= 0.6 is 12.4 Å². The van der Waals surface area contributed by atoms with Gasteiger partial charge in [-0.25, -0.2) is 4.39 Å². The molecule has 1 aromatic rings. The van der Waals surface area contributed by atoms with Crippen LogP contribution in [0.1, 0.15) is 12.8 Å². The number of nitrogens with zero attached hydrogens (tertiary/aromatic N) is 1. The van der Waals surface area contributed by atoms with Gasteiger partial charge in [0.25, 0.3) is 5.91 Å². The average molecular weight is 329 g/mol.